The molecule has 2 aliphatic rings. The van der Waals surface area contributed by atoms with Crippen LogP contribution in [0.25, 0.3) is 10.9 Å². The maximum absolute atomic E-state index is 13.9. The molecule has 9 heteroatoms. The number of anilines is 1. The van der Waals surface area contributed by atoms with Crippen LogP contribution in [0.3, 0.4) is 0 Å². The van der Waals surface area contributed by atoms with Gasteiger partial charge in [-0.25, -0.2) is 8.42 Å². The molecule has 0 atom stereocenters. The fourth-order valence-corrected chi connectivity index (χ4v) is 7.23. The number of para-hydroxylation sites is 1. The van der Waals surface area contributed by atoms with Crippen molar-refractivity contribution in [1.29, 1.82) is 0 Å². The minimum atomic E-state index is -4.09. The van der Waals surface area contributed by atoms with Crippen molar-refractivity contribution >= 4 is 44.1 Å². The molecule has 2 aliphatic heterocycles. The van der Waals surface area contributed by atoms with Crippen molar-refractivity contribution in [1.82, 2.24) is 9.47 Å². The molecule has 2 aromatic carbocycles. The molecule has 0 spiro atoms. The molecular formula is C26H27N3O4S2. The SMILES string of the molecule is Cc1ccc(S(=O)(=O)c2c(N3CCN(C(=O)C4=CCCS4)CC3)c3ccccc3n(C)c2=O)cc1. The van der Waals surface area contributed by atoms with Gasteiger partial charge in [0.2, 0.25) is 9.84 Å². The molecule has 0 saturated carbocycles. The van der Waals surface area contributed by atoms with Crippen molar-refractivity contribution in [3.8, 4) is 0 Å². The average Bonchev–Trinajstić information content (AvgIpc) is 3.41. The number of fused-ring (bicyclic) bond motifs is 1. The molecule has 1 aromatic heterocycles. The van der Waals surface area contributed by atoms with Crippen LogP contribution < -0.4 is 10.5 Å². The Morgan fingerprint density at radius 3 is 2.31 bits per heavy atom. The van der Waals surface area contributed by atoms with Gasteiger partial charge in [-0.15, -0.1) is 11.8 Å². The zero-order valence-electron chi connectivity index (χ0n) is 19.7. The number of sulfone groups is 1. The topological polar surface area (TPSA) is 79.7 Å². The van der Waals surface area contributed by atoms with E-state index in [2.05, 4.69) is 0 Å². The summed E-state index contributed by atoms with van der Waals surface area (Å²) in [6.07, 6.45) is 2.89. The van der Waals surface area contributed by atoms with E-state index in [1.54, 1.807) is 43.1 Å². The lowest BCUT2D eigenvalue weighted by Gasteiger charge is -2.37. The maximum atomic E-state index is 13.9. The molecule has 1 saturated heterocycles. The van der Waals surface area contributed by atoms with E-state index in [0.717, 1.165) is 22.6 Å². The van der Waals surface area contributed by atoms with E-state index in [4.69, 9.17) is 0 Å². The highest BCUT2D eigenvalue weighted by atomic mass is 32.2. The summed E-state index contributed by atoms with van der Waals surface area (Å²) in [7, 11) is -2.49. The first kappa shape index (κ1) is 23.7. The van der Waals surface area contributed by atoms with Crippen LogP contribution in [0.1, 0.15) is 12.0 Å². The van der Waals surface area contributed by atoms with Gasteiger partial charge in [-0.3, -0.25) is 9.59 Å². The second kappa shape index (κ2) is 9.20. The lowest BCUT2D eigenvalue weighted by Crippen LogP contribution is -2.49. The van der Waals surface area contributed by atoms with E-state index in [1.165, 1.54) is 4.57 Å². The lowest BCUT2D eigenvalue weighted by atomic mass is 10.1. The van der Waals surface area contributed by atoms with Crippen molar-refractivity contribution in [3.05, 3.63) is 75.4 Å². The summed E-state index contributed by atoms with van der Waals surface area (Å²) in [6.45, 7) is 3.70. The smallest absolute Gasteiger partial charge is 0.272 e. The van der Waals surface area contributed by atoms with Crippen LogP contribution in [-0.2, 0) is 21.7 Å². The highest BCUT2D eigenvalue weighted by molar-refractivity contribution is 8.04. The van der Waals surface area contributed by atoms with Crippen LogP contribution in [0.5, 0.6) is 0 Å². The molecule has 3 aromatic rings. The predicted octanol–water partition coefficient (Wildman–Crippen LogP) is 3.35. The number of piperazine rings is 1. The third-order valence-electron chi connectivity index (χ3n) is 6.63. The Labute approximate surface area is 209 Å². The number of nitrogens with zero attached hydrogens (tertiary/aromatic N) is 3. The predicted molar refractivity (Wildman–Crippen MR) is 140 cm³/mol. The van der Waals surface area contributed by atoms with Gasteiger partial charge in [-0.2, -0.15) is 0 Å². The van der Waals surface area contributed by atoms with Gasteiger partial charge in [0.05, 0.1) is 21.0 Å². The van der Waals surface area contributed by atoms with Gasteiger partial charge in [0.15, 0.2) is 4.90 Å². The van der Waals surface area contributed by atoms with Crippen molar-refractivity contribution in [2.75, 3.05) is 36.8 Å². The molecule has 0 N–H and O–H groups in total. The molecule has 1 amide bonds. The monoisotopic (exact) mass is 509 g/mol. The van der Waals surface area contributed by atoms with E-state index in [1.807, 2.05) is 47.1 Å². The van der Waals surface area contributed by atoms with Gasteiger partial charge in [0.1, 0.15) is 0 Å². The largest absolute Gasteiger partial charge is 0.366 e. The molecule has 182 valence electrons. The van der Waals surface area contributed by atoms with Crippen LogP contribution in [-0.4, -0.2) is 55.7 Å². The van der Waals surface area contributed by atoms with Crippen molar-refractivity contribution in [2.24, 2.45) is 7.05 Å². The quantitative estimate of drug-likeness (QED) is 0.537. The highest BCUT2D eigenvalue weighted by Crippen LogP contribution is 2.35. The Bertz CT molecular complexity index is 1500. The number of hydrogen-bond acceptors (Lipinski definition) is 6. The number of carbonyl (C=O) groups excluding carboxylic acids is 1. The number of rotatable bonds is 4. The molecule has 35 heavy (non-hydrogen) atoms. The molecule has 0 aliphatic carbocycles. The molecule has 0 radical (unpaired) electrons. The molecule has 0 bridgehead atoms. The summed E-state index contributed by atoms with van der Waals surface area (Å²) < 4.78 is 29.1. The summed E-state index contributed by atoms with van der Waals surface area (Å²) >= 11 is 1.58. The Kier molecular flexibility index (Phi) is 6.23. The summed E-state index contributed by atoms with van der Waals surface area (Å²) in [4.78, 5) is 30.9. The highest BCUT2D eigenvalue weighted by Gasteiger charge is 2.33. The van der Waals surface area contributed by atoms with Gasteiger partial charge in [0, 0.05) is 44.4 Å². The summed E-state index contributed by atoms with van der Waals surface area (Å²) in [5.74, 6) is 0.967. The van der Waals surface area contributed by atoms with Crippen LogP contribution in [0.2, 0.25) is 0 Å². The van der Waals surface area contributed by atoms with E-state index in [0.29, 0.717) is 42.8 Å². The van der Waals surface area contributed by atoms with Crippen LogP contribution >= 0.6 is 11.8 Å². The summed E-state index contributed by atoms with van der Waals surface area (Å²) in [6, 6.07) is 13.9. The number of carbonyl (C=O) groups is 1. The Balaban J connectivity index is 1.61. The molecular weight excluding hydrogens is 482 g/mol. The van der Waals surface area contributed by atoms with Gasteiger partial charge >= 0.3 is 0 Å². The summed E-state index contributed by atoms with van der Waals surface area (Å²) in [5.41, 5.74) is 1.48. The number of aryl methyl sites for hydroxylation is 2. The third-order valence-corrected chi connectivity index (χ3v) is 9.52. The maximum Gasteiger partial charge on any atom is 0.272 e. The van der Waals surface area contributed by atoms with E-state index >= 15 is 0 Å². The molecule has 7 nitrogen and oxygen atoms in total. The van der Waals surface area contributed by atoms with Crippen molar-refractivity contribution in [3.63, 3.8) is 0 Å². The first-order valence-electron chi connectivity index (χ1n) is 11.6. The fourth-order valence-electron chi connectivity index (χ4n) is 4.70. The second-order valence-electron chi connectivity index (χ2n) is 8.86. The Hall–Kier alpha value is -3.04. The van der Waals surface area contributed by atoms with Crippen molar-refractivity contribution < 1.29 is 13.2 Å². The number of allylic oxidation sites excluding steroid dienone is 1. The van der Waals surface area contributed by atoms with Gasteiger partial charge in [0.25, 0.3) is 11.5 Å². The average molecular weight is 510 g/mol. The Morgan fingerprint density at radius 2 is 1.66 bits per heavy atom. The zero-order chi connectivity index (χ0) is 24.7. The number of pyridine rings is 1. The first-order valence-corrected chi connectivity index (χ1v) is 14.1. The molecule has 5 rings (SSSR count). The number of benzene rings is 2. The fraction of sp³-hybridized carbons (Fsp3) is 0.308. The number of thioether (sulfide) groups is 1. The van der Waals surface area contributed by atoms with Gasteiger partial charge in [-0.1, -0.05) is 42.0 Å². The summed E-state index contributed by atoms with van der Waals surface area (Å²) in [5, 5.41) is 0.703. The lowest BCUT2D eigenvalue weighted by molar-refractivity contribution is -0.126. The number of amides is 1. The standard InChI is InChI=1S/C26H27N3O4S2/c1-18-9-11-19(12-10-18)35(32,33)24-23(20-6-3-4-7-21(20)27(2)26(24)31)28-13-15-29(16-14-28)25(30)22-8-5-17-34-22/h3-4,6-12H,5,13-17H2,1-2H3. The zero-order valence-corrected chi connectivity index (χ0v) is 21.4. The Morgan fingerprint density at radius 1 is 0.971 bits per heavy atom. The third kappa shape index (κ3) is 4.16. The first-order chi connectivity index (χ1) is 16.8. The van der Waals surface area contributed by atoms with Crippen molar-refractivity contribution in [2.45, 2.75) is 23.1 Å². The van der Waals surface area contributed by atoms with Crippen LogP contribution in [0.4, 0.5) is 5.69 Å². The van der Waals surface area contributed by atoms with Crippen LogP contribution in [0.15, 0.2) is 74.1 Å². The number of hydrogen-bond donors (Lipinski definition) is 0. The number of aromatic nitrogens is 1. The van der Waals surface area contributed by atoms with E-state index in [9.17, 15) is 18.0 Å². The molecule has 0 unspecified atom stereocenters. The normalized spacial score (nSPS) is 16.6. The van der Waals surface area contributed by atoms with Gasteiger partial charge in [-0.05, 0) is 31.5 Å². The van der Waals surface area contributed by atoms with E-state index < -0.39 is 15.4 Å². The van der Waals surface area contributed by atoms with Crippen LogP contribution in [0, 0.1) is 6.92 Å². The van der Waals surface area contributed by atoms with E-state index in [-0.39, 0.29) is 15.7 Å². The van der Waals surface area contributed by atoms with Gasteiger partial charge < -0.3 is 14.4 Å². The second-order valence-corrected chi connectivity index (χ2v) is 11.9. The molecule has 1 fully saturated rings. The minimum absolute atomic E-state index is 0.0356. The minimum Gasteiger partial charge on any atom is -0.366 e. The molecule has 3 heterocycles.